The second kappa shape index (κ2) is 12.1. The zero-order valence-corrected chi connectivity index (χ0v) is 33.5. The van der Waals surface area contributed by atoms with Crippen LogP contribution in [-0.2, 0) is 10.8 Å². The van der Waals surface area contributed by atoms with Crippen LogP contribution in [0.1, 0.15) is 49.9 Å². The highest BCUT2D eigenvalue weighted by molar-refractivity contribution is 6.16. The van der Waals surface area contributed by atoms with E-state index in [1.54, 1.807) is 0 Å². The lowest BCUT2D eigenvalue weighted by molar-refractivity contribution is 0.593. The number of rotatable bonds is 6. The highest BCUT2D eigenvalue weighted by atomic mass is 15.2. The minimum atomic E-state index is -0.287. The van der Waals surface area contributed by atoms with Gasteiger partial charge in [0.15, 0.2) is 0 Å². The van der Waals surface area contributed by atoms with Gasteiger partial charge in [-0.05, 0) is 117 Å². The molecule has 0 fully saturated rings. The number of anilines is 6. The highest BCUT2D eigenvalue weighted by Crippen LogP contribution is 2.57. The van der Waals surface area contributed by atoms with Crippen molar-refractivity contribution >= 4 is 77.7 Å². The molecule has 0 N–H and O–H groups in total. The fraction of sp³-hybridized carbons (Fsp3) is 0.111. The molecule has 2 aliphatic rings. The lowest BCUT2D eigenvalue weighted by Crippen LogP contribution is -2.33. The third-order valence-corrected chi connectivity index (χ3v) is 13.1. The number of benzene rings is 7. The molecule has 0 radical (unpaired) electrons. The molecule has 3 aromatic heterocycles. The van der Waals surface area contributed by atoms with Gasteiger partial charge >= 0.3 is 0 Å². The summed E-state index contributed by atoms with van der Waals surface area (Å²) in [7, 11) is 0. The molecule has 0 saturated carbocycles. The van der Waals surface area contributed by atoms with Crippen molar-refractivity contribution < 1.29 is 0 Å². The smallest absolute Gasteiger partial charge is 0.137 e. The molecule has 10 aromatic rings. The van der Waals surface area contributed by atoms with Gasteiger partial charge in [0, 0.05) is 56.7 Å². The predicted octanol–water partition coefficient (Wildman–Crippen LogP) is 14.1. The first kappa shape index (κ1) is 33.9. The van der Waals surface area contributed by atoms with Gasteiger partial charge in [-0.15, -0.1) is 0 Å². The lowest BCUT2D eigenvalue weighted by Gasteiger charge is -2.42. The average Bonchev–Trinajstić information content (AvgIpc) is 3.60. The van der Waals surface area contributed by atoms with Crippen LogP contribution in [0.4, 0.5) is 34.4 Å². The zero-order valence-electron chi connectivity index (χ0n) is 33.5. The molecule has 5 heterocycles. The van der Waals surface area contributed by atoms with Crippen LogP contribution in [0.15, 0.2) is 176 Å². The van der Waals surface area contributed by atoms with Crippen molar-refractivity contribution in [3.63, 3.8) is 0 Å². The Balaban J connectivity index is 1.20. The molecule has 0 unspecified atom stereocenters. The first-order valence-corrected chi connectivity index (χ1v) is 20.5. The zero-order chi connectivity index (χ0) is 39.6. The van der Waals surface area contributed by atoms with E-state index < -0.39 is 0 Å². The molecular weight excluding hydrogens is 719 g/mol. The van der Waals surface area contributed by atoms with Crippen molar-refractivity contribution in [2.45, 2.75) is 38.5 Å². The minimum Gasteiger partial charge on any atom is -0.308 e. The summed E-state index contributed by atoms with van der Waals surface area (Å²) in [6.45, 7) is 9.61. The fourth-order valence-electron chi connectivity index (χ4n) is 10.2. The van der Waals surface area contributed by atoms with Crippen molar-refractivity contribution in [2.24, 2.45) is 0 Å². The summed E-state index contributed by atoms with van der Waals surface area (Å²) in [6.07, 6.45) is 3.78. The van der Waals surface area contributed by atoms with E-state index in [4.69, 9.17) is 9.97 Å². The topological polar surface area (TPSA) is 37.2 Å². The summed E-state index contributed by atoms with van der Waals surface area (Å²) in [4.78, 5) is 14.6. The maximum absolute atomic E-state index is 4.98. The van der Waals surface area contributed by atoms with Crippen molar-refractivity contribution in [3.05, 3.63) is 198 Å². The maximum Gasteiger partial charge on any atom is 0.137 e. The molecule has 0 saturated heterocycles. The van der Waals surface area contributed by atoms with E-state index in [2.05, 4.69) is 194 Å². The number of nitrogens with zero attached hydrogens (tertiary/aromatic N) is 5. The van der Waals surface area contributed by atoms with E-state index in [9.17, 15) is 0 Å². The SMILES string of the molecule is CC1(C)c2cccc3c2-n2c4c1cc(N(c1ccc5ccccc5c1)c1ccccn1)cc4c1cc(N(c4ccc5ccccc5c4)c4ccccn4)cc(c12)C3(C)C. The number of pyridine rings is 2. The van der Waals surface area contributed by atoms with Crippen LogP contribution in [0.5, 0.6) is 0 Å². The van der Waals surface area contributed by atoms with E-state index in [1.807, 2.05) is 24.5 Å². The van der Waals surface area contributed by atoms with E-state index in [0.717, 1.165) is 34.4 Å². The summed E-state index contributed by atoms with van der Waals surface area (Å²) in [5, 5.41) is 7.26. The third kappa shape index (κ3) is 4.79. The van der Waals surface area contributed by atoms with Crippen molar-refractivity contribution in [1.82, 2.24) is 14.5 Å². The molecule has 282 valence electrons. The molecule has 0 amide bonds. The molecule has 0 atom stereocenters. The van der Waals surface area contributed by atoms with Gasteiger partial charge in [-0.1, -0.05) is 119 Å². The molecular formula is C54H41N5. The monoisotopic (exact) mass is 759 g/mol. The van der Waals surface area contributed by atoms with Gasteiger partial charge in [0.25, 0.3) is 0 Å². The Morgan fingerprint density at radius 1 is 0.390 bits per heavy atom. The summed E-state index contributed by atoms with van der Waals surface area (Å²) >= 11 is 0. The molecule has 0 bridgehead atoms. The number of hydrogen-bond donors (Lipinski definition) is 0. The van der Waals surface area contributed by atoms with E-state index in [-0.39, 0.29) is 10.8 Å². The van der Waals surface area contributed by atoms with Crippen molar-refractivity contribution in [2.75, 3.05) is 9.80 Å². The Kier molecular flexibility index (Phi) is 6.97. The van der Waals surface area contributed by atoms with Gasteiger partial charge in [0.1, 0.15) is 11.6 Å². The predicted molar refractivity (Wildman–Crippen MR) is 245 cm³/mol. The Bertz CT molecular complexity index is 3120. The van der Waals surface area contributed by atoms with Gasteiger partial charge in [0.2, 0.25) is 0 Å². The summed E-state index contributed by atoms with van der Waals surface area (Å²) in [5.41, 5.74) is 12.9. The largest absolute Gasteiger partial charge is 0.308 e. The molecule has 0 spiro atoms. The quantitative estimate of drug-likeness (QED) is 0.169. The first-order chi connectivity index (χ1) is 28.8. The van der Waals surface area contributed by atoms with Gasteiger partial charge in [-0.25, -0.2) is 9.97 Å². The number of aromatic nitrogens is 3. The normalized spacial score (nSPS) is 14.4. The summed E-state index contributed by atoms with van der Waals surface area (Å²) < 4.78 is 2.60. The molecule has 2 aliphatic heterocycles. The number of para-hydroxylation sites is 1. The van der Waals surface area contributed by atoms with Crippen LogP contribution in [0.2, 0.25) is 0 Å². The summed E-state index contributed by atoms with van der Waals surface area (Å²) in [5.74, 6) is 1.75. The van der Waals surface area contributed by atoms with Gasteiger partial charge < -0.3 is 4.57 Å². The van der Waals surface area contributed by atoms with Crippen molar-refractivity contribution in [3.8, 4) is 5.69 Å². The van der Waals surface area contributed by atoms with Crippen molar-refractivity contribution in [1.29, 1.82) is 0 Å². The molecule has 5 nitrogen and oxygen atoms in total. The van der Waals surface area contributed by atoms with Crippen LogP contribution in [0.3, 0.4) is 0 Å². The average molecular weight is 760 g/mol. The van der Waals surface area contributed by atoms with Crippen LogP contribution in [0, 0.1) is 0 Å². The first-order valence-electron chi connectivity index (χ1n) is 20.5. The summed E-state index contributed by atoms with van der Waals surface area (Å²) in [6, 6.07) is 59.7. The number of fused-ring (bicyclic) bond motifs is 3. The Morgan fingerprint density at radius 3 is 1.27 bits per heavy atom. The fourth-order valence-corrected chi connectivity index (χ4v) is 10.2. The molecule has 12 rings (SSSR count). The van der Waals surface area contributed by atoms with Crippen LogP contribution in [-0.4, -0.2) is 14.5 Å². The standard InChI is InChI=1S/C54H41N5/c1-53(2)44-18-13-19-45-52(44)59-50-42(30-40(32-46(50)53)57(48-20-9-11-26-55-48)38-24-22-34-14-5-7-16-36(34)28-38)43-31-41(33-47(51(43)59)54(45,3)4)58(49-21-10-12-27-56-49)39-25-23-35-15-6-8-17-37(35)29-39/h5-33H,1-4H3. The molecule has 7 aromatic carbocycles. The molecule has 59 heavy (non-hydrogen) atoms. The Morgan fingerprint density at radius 2 is 0.831 bits per heavy atom. The van der Waals surface area contributed by atoms with Crippen LogP contribution in [0.25, 0.3) is 49.0 Å². The van der Waals surface area contributed by atoms with Crippen LogP contribution < -0.4 is 9.80 Å². The minimum absolute atomic E-state index is 0.287. The molecule has 5 heteroatoms. The number of hydrogen-bond acceptors (Lipinski definition) is 4. The van der Waals surface area contributed by atoms with E-state index >= 15 is 0 Å². The Labute approximate surface area is 343 Å². The van der Waals surface area contributed by atoms with Gasteiger partial charge in [-0.3, -0.25) is 9.80 Å². The second-order valence-corrected chi connectivity index (χ2v) is 17.2. The van der Waals surface area contributed by atoms with E-state index in [1.165, 1.54) is 71.3 Å². The maximum atomic E-state index is 4.98. The second-order valence-electron chi connectivity index (χ2n) is 17.2. The molecule has 0 aliphatic carbocycles. The van der Waals surface area contributed by atoms with Crippen LogP contribution >= 0.6 is 0 Å². The van der Waals surface area contributed by atoms with Gasteiger partial charge in [0.05, 0.1) is 16.7 Å². The lowest BCUT2D eigenvalue weighted by atomic mass is 9.68. The highest BCUT2D eigenvalue weighted by Gasteiger charge is 2.44. The Hall–Kier alpha value is -7.24. The van der Waals surface area contributed by atoms with E-state index in [0.29, 0.717) is 0 Å². The third-order valence-electron chi connectivity index (χ3n) is 13.1. The van der Waals surface area contributed by atoms with Gasteiger partial charge in [-0.2, -0.15) is 0 Å².